The van der Waals surface area contributed by atoms with Crippen LogP contribution >= 0.6 is 0 Å². The Kier molecular flexibility index (Phi) is 6.44. The molecule has 24 heavy (non-hydrogen) atoms. The molecular formula is C16H26N4O3S. The largest absolute Gasteiger partial charge is 0.370 e. The third kappa shape index (κ3) is 5.38. The van der Waals surface area contributed by atoms with Crippen molar-refractivity contribution in [2.45, 2.75) is 37.9 Å². The van der Waals surface area contributed by atoms with Crippen LogP contribution in [0.2, 0.25) is 0 Å². The van der Waals surface area contributed by atoms with Crippen LogP contribution in [0.3, 0.4) is 0 Å². The van der Waals surface area contributed by atoms with Crippen molar-refractivity contribution in [2.24, 2.45) is 5.14 Å². The van der Waals surface area contributed by atoms with Gasteiger partial charge in [0.25, 0.3) is 0 Å². The number of benzene rings is 1. The summed E-state index contributed by atoms with van der Waals surface area (Å²) in [7, 11) is -3.65. The molecular weight excluding hydrogens is 328 g/mol. The molecule has 2 amide bonds. The summed E-state index contributed by atoms with van der Waals surface area (Å²) < 4.78 is 22.4. The van der Waals surface area contributed by atoms with Crippen molar-refractivity contribution in [3.05, 3.63) is 24.3 Å². The van der Waals surface area contributed by atoms with Gasteiger partial charge in [0.1, 0.15) is 0 Å². The van der Waals surface area contributed by atoms with Crippen LogP contribution in [-0.4, -0.2) is 39.3 Å². The molecule has 1 atom stereocenters. The second-order valence-corrected chi connectivity index (χ2v) is 8.14. The zero-order valence-electron chi connectivity index (χ0n) is 14.0. The van der Waals surface area contributed by atoms with Gasteiger partial charge in [0.2, 0.25) is 10.0 Å². The van der Waals surface area contributed by atoms with Crippen LogP contribution in [0, 0.1) is 0 Å². The molecule has 134 valence electrons. The van der Waals surface area contributed by atoms with E-state index in [0.29, 0.717) is 0 Å². The fourth-order valence-electron chi connectivity index (χ4n) is 2.69. The summed E-state index contributed by atoms with van der Waals surface area (Å²) in [5.74, 6) is 0. The van der Waals surface area contributed by atoms with Gasteiger partial charge in [-0.3, -0.25) is 0 Å². The third-order valence-electron chi connectivity index (χ3n) is 4.21. The number of urea groups is 1. The van der Waals surface area contributed by atoms with Crippen molar-refractivity contribution in [1.82, 2.24) is 5.32 Å². The fraction of sp³-hybridized carbons (Fsp3) is 0.562. The molecule has 0 saturated carbocycles. The molecule has 1 aliphatic heterocycles. The van der Waals surface area contributed by atoms with Crippen LogP contribution in [0.15, 0.2) is 24.3 Å². The number of nitrogens with two attached hydrogens (primary N) is 1. The van der Waals surface area contributed by atoms with Gasteiger partial charge in [0, 0.05) is 19.6 Å². The predicted molar refractivity (Wildman–Crippen MR) is 96.7 cm³/mol. The first-order valence-corrected chi connectivity index (χ1v) is 9.89. The minimum Gasteiger partial charge on any atom is -0.370 e. The highest BCUT2D eigenvalue weighted by Crippen LogP contribution is 2.27. The number of para-hydroxylation sites is 2. The quantitative estimate of drug-likeness (QED) is 0.750. The Labute approximate surface area is 143 Å². The van der Waals surface area contributed by atoms with Crippen molar-refractivity contribution < 1.29 is 13.2 Å². The number of amides is 2. The summed E-state index contributed by atoms with van der Waals surface area (Å²) >= 11 is 0. The fourth-order valence-corrected chi connectivity index (χ4v) is 3.00. The van der Waals surface area contributed by atoms with E-state index in [1.54, 1.807) is 0 Å². The van der Waals surface area contributed by atoms with E-state index in [1.165, 1.54) is 19.8 Å². The SMILES string of the molecule is C[C@@H](CNC(=O)Nc1ccccc1N1CCCCCC1)S(N)(=O)=O. The van der Waals surface area contributed by atoms with E-state index in [1.807, 2.05) is 24.3 Å². The zero-order chi connectivity index (χ0) is 17.6. The lowest BCUT2D eigenvalue weighted by molar-refractivity contribution is 0.252. The van der Waals surface area contributed by atoms with Crippen molar-refractivity contribution in [2.75, 3.05) is 29.9 Å². The summed E-state index contributed by atoms with van der Waals surface area (Å²) in [6, 6.07) is 7.22. The van der Waals surface area contributed by atoms with Crippen LogP contribution in [0.25, 0.3) is 0 Å². The first-order chi connectivity index (χ1) is 11.4. The maximum Gasteiger partial charge on any atom is 0.319 e. The number of hydrogen-bond donors (Lipinski definition) is 3. The molecule has 0 bridgehead atoms. The number of nitrogens with one attached hydrogen (secondary N) is 2. The number of hydrogen-bond acceptors (Lipinski definition) is 4. The average molecular weight is 354 g/mol. The normalized spacial score (nSPS) is 17.0. The van der Waals surface area contributed by atoms with E-state index in [4.69, 9.17) is 5.14 Å². The second-order valence-electron chi connectivity index (χ2n) is 6.15. The molecule has 1 aromatic carbocycles. The average Bonchev–Trinajstić information content (AvgIpc) is 2.81. The highest BCUT2D eigenvalue weighted by atomic mass is 32.2. The molecule has 0 aromatic heterocycles. The number of rotatable bonds is 5. The van der Waals surface area contributed by atoms with E-state index >= 15 is 0 Å². The second kappa shape index (κ2) is 8.34. The lowest BCUT2D eigenvalue weighted by Gasteiger charge is -2.25. The Hall–Kier alpha value is -1.80. The molecule has 0 aliphatic carbocycles. The summed E-state index contributed by atoms with van der Waals surface area (Å²) in [6.45, 7) is 3.38. The zero-order valence-corrected chi connectivity index (χ0v) is 14.8. The minimum atomic E-state index is -3.65. The molecule has 1 saturated heterocycles. The Morgan fingerprint density at radius 3 is 2.46 bits per heavy atom. The first-order valence-electron chi connectivity index (χ1n) is 8.28. The molecule has 0 radical (unpaired) electrons. The maximum absolute atomic E-state index is 12.1. The molecule has 1 aromatic rings. The van der Waals surface area contributed by atoms with Gasteiger partial charge < -0.3 is 15.5 Å². The van der Waals surface area contributed by atoms with Crippen LogP contribution < -0.4 is 20.7 Å². The predicted octanol–water partition coefficient (Wildman–Crippen LogP) is 1.87. The summed E-state index contributed by atoms with van der Waals surface area (Å²) in [5.41, 5.74) is 1.72. The Balaban J connectivity index is 2.00. The molecule has 4 N–H and O–H groups in total. The number of nitrogens with zero attached hydrogens (tertiary/aromatic N) is 1. The van der Waals surface area contributed by atoms with Gasteiger partial charge in [-0.2, -0.15) is 0 Å². The van der Waals surface area contributed by atoms with E-state index < -0.39 is 21.3 Å². The molecule has 1 aliphatic rings. The smallest absolute Gasteiger partial charge is 0.319 e. The monoisotopic (exact) mass is 354 g/mol. The van der Waals surface area contributed by atoms with Crippen molar-refractivity contribution >= 4 is 27.4 Å². The van der Waals surface area contributed by atoms with Gasteiger partial charge in [-0.1, -0.05) is 25.0 Å². The van der Waals surface area contributed by atoms with E-state index in [9.17, 15) is 13.2 Å². The van der Waals surface area contributed by atoms with Gasteiger partial charge in [0.05, 0.1) is 16.6 Å². The van der Waals surface area contributed by atoms with Crippen molar-refractivity contribution in [3.63, 3.8) is 0 Å². The number of carbonyl (C=O) groups is 1. The molecule has 1 heterocycles. The van der Waals surface area contributed by atoms with Gasteiger partial charge in [-0.25, -0.2) is 18.4 Å². The Morgan fingerprint density at radius 1 is 1.21 bits per heavy atom. The van der Waals surface area contributed by atoms with Crippen LogP contribution in [0.5, 0.6) is 0 Å². The van der Waals surface area contributed by atoms with Gasteiger partial charge >= 0.3 is 6.03 Å². The summed E-state index contributed by atoms with van der Waals surface area (Å²) in [5, 5.41) is 9.58. The molecule has 8 heteroatoms. The van der Waals surface area contributed by atoms with Crippen LogP contribution in [0.4, 0.5) is 16.2 Å². The molecule has 0 unspecified atom stereocenters. The third-order valence-corrected chi connectivity index (χ3v) is 5.50. The Morgan fingerprint density at radius 2 is 1.83 bits per heavy atom. The number of sulfonamides is 1. The summed E-state index contributed by atoms with van der Waals surface area (Å²) in [6.07, 6.45) is 4.76. The van der Waals surface area contributed by atoms with Crippen LogP contribution in [-0.2, 0) is 10.0 Å². The highest BCUT2D eigenvalue weighted by molar-refractivity contribution is 7.89. The maximum atomic E-state index is 12.1. The molecule has 2 rings (SSSR count). The molecule has 0 spiro atoms. The van der Waals surface area contributed by atoms with E-state index in [2.05, 4.69) is 15.5 Å². The highest BCUT2D eigenvalue weighted by Gasteiger charge is 2.18. The summed E-state index contributed by atoms with van der Waals surface area (Å²) in [4.78, 5) is 14.4. The van der Waals surface area contributed by atoms with E-state index in [-0.39, 0.29) is 6.54 Å². The van der Waals surface area contributed by atoms with E-state index in [0.717, 1.165) is 37.3 Å². The van der Waals surface area contributed by atoms with Gasteiger partial charge in [-0.15, -0.1) is 0 Å². The molecule has 7 nitrogen and oxygen atoms in total. The lowest BCUT2D eigenvalue weighted by atomic mass is 10.2. The van der Waals surface area contributed by atoms with Crippen LogP contribution in [0.1, 0.15) is 32.6 Å². The Bertz CT molecular complexity index is 655. The standard InChI is InChI=1S/C16H26N4O3S/c1-13(24(17,22)23)12-18-16(21)19-14-8-4-5-9-15(14)20-10-6-2-3-7-11-20/h4-5,8-9,13H,2-3,6-7,10-12H2,1H3,(H2,17,22,23)(H2,18,19,21)/t13-/m0/s1. The van der Waals surface area contributed by atoms with Crippen molar-refractivity contribution in [3.8, 4) is 0 Å². The lowest BCUT2D eigenvalue weighted by Crippen LogP contribution is -2.40. The number of carbonyl (C=O) groups excluding carboxylic acids is 1. The number of anilines is 2. The first kappa shape index (κ1) is 18.5. The number of primary sulfonamides is 1. The molecule has 1 fully saturated rings. The van der Waals surface area contributed by atoms with Gasteiger partial charge in [0.15, 0.2) is 0 Å². The minimum absolute atomic E-state index is 0.0312. The van der Waals surface area contributed by atoms with Crippen molar-refractivity contribution in [1.29, 1.82) is 0 Å². The topological polar surface area (TPSA) is 105 Å². The van der Waals surface area contributed by atoms with Gasteiger partial charge in [-0.05, 0) is 31.9 Å².